The molecule has 1 aromatic carbocycles. The van der Waals surface area contributed by atoms with Crippen LogP contribution in [0.5, 0.6) is 5.75 Å². The lowest BCUT2D eigenvalue weighted by molar-refractivity contribution is -0.137. The number of nitrogens with zero attached hydrogens (tertiary/aromatic N) is 1. The first-order valence-corrected chi connectivity index (χ1v) is 7.74. The highest BCUT2D eigenvalue weighted by Crippen LogP contribution is 2.21. The van der Waals surface area contributed by atoms with E-state index < -0.39 is 0 Å². The predicted octanol–water partition coefficient (Wildman–Crippen LogP) is 2.83. The fourth-order valence-electron chi connectivity index (χ4n) is 2.90. The smallest absolute Gasteiger partial charge is 0.260 e. The first-order valence-electron chi connectivity index (χ1n) is 7.74. The van der Waals surface area contributed by atoms with Crippen LogP contribution in [0.2, 0.25) is 0 Å². The Morgan fingerprint density at radius 2 is 2.14 bits per heavy atom. The lowest BCUT2D eigenvalue weighted by Crippen LogP contribution is -2.52. The summed E-state index contributed by atoms with van der Waals surface area (Å²) in [4.78, 5) is 14.3. The van der Waals surface area contributed by atoms with E-state index in [4.69, 9.17) is 10.5 Å². The lowest BCUT2D eigenvalue weighted by Gasteiger charge is -2.38. The van der Waals surface area contributed by atoms with Crippen LogP contribution in [0.15, 0.2) is 18.2 Å². The number of aryl methyl sites for hydroxylation is 2. The number of hydrogen-bond acceptors (Lipinski definition) is 3. The summed E-state index contributed by atoms with van der Waals surface area (Å²) >= 11 is 0. The third-order valence-corrected chi connectivity index (χ3v) is 4.17. The maximum atomic E-state index is 12.4. The molecule has 2 unspecified atom stereocenters. The van der Waals surface area contributed by atoms with Crippen molar-refractivity contribution in [2.24, 2.45) is 5.73 Å². The second kappa shape index (κ2) is 8.39. The van der Waals surface area contributed by atoms with Gasteiger partial charge in [0.1, 0.15) is 5.75 Å². The molecule has 1 saturated heterocycles. The second-order valence-corrected chi connectivity index (χ2v) is 6.07. The van der Waals surface area contributed by atoms with Gasteiger partial charge in [-0.25, -0.2) is 0 Å². The van der Waals surface area contributed by atoms with Crippen LogP contribution in [0.1, 0.15) is 37.3 Å². The van der Waals surface area contributed by atoms with E-state index in [1.165, 1.54) is 0 Å². The van der Waals surface area contributed by atoms with Gasteiger partial charge in [0.25, 0.3) is 5.91 Å². The van der Waals surface area contributed by atoms with Gasteiger partial charge in [0.2, 0.25) is 0 Å². The number of halogens is 1. The number of carbonyl (C=O) groups is 1. The topological polar surface area (TPSA) is 55.6 Å². The highest BCUT2D eigenvalue weighted by molar-refractivity contribution is 5.85. The molecule has 0 radical (unpaired) electrons. The summed E-state index contributed by atoms with van der Waals surface area (Å²) < 4.78 is 5.73. The van der Waals surface area contributed by atoms with Gasteiger partial charge in [0.15, 0.2) is 6.61 Å². The normalized spacial score (nSPS) is 19.3. The Labute approximate surface area is 139 Å². The lowest BCUT2D eigenvalue weighted by atomic mass is 9.97. The SMILES string of the molecule is Cc1ccc(C)c(OCC(=O)N2CCCCC2C(C)N)c1.Cl. The Morgan fingerprint density at radius 3 is 2.82 bits per heavy atom. The Hall–Kier alpha value is -1.26. The maximum absolute atomic E-state index is 12.4. The van der Waals surface area contributed by atoms with Crippen molar-refractivity contribution in [1.29, 1.82) is 0 Å². The fraction of sp³-hybridized carbons (Fsp3) is 0.588. The number of amides is 1. The van der Waals surface area contributed by atoms with Crippen LogP contribution >= 0.6 is 12.4 Å². The van der Waals surface area contributed by atoms with Crippen molar-refractivity contribution in [3.63, 3.8) is 0 Å². The van der Waals surface area contributed by atoms with Gasteiger partial charge in [-0.2, -0.15) is 0 Å². The molecular weight excluding hydrogens is 300 g/mol. The van der Waals surface area contributed by atoms with Crippen LogP contribution in [0, 0.1) is 13.8 Å². The molecule has 0 bridgehead atoms. The zero-order valence-electron chi connectivity index (χ0n) is 13.7. The van der Waals surface area contributed by atoms with E-state index in [1.807, 2.05) is 43.9 Å². The molecule has 2 N–H and O–H groups in total. The average Bonchev–Trinajstić information content (AvgIpc) is 2.47. The van der Waals surface area contributed by atoms with Crippen LogP contribution < -0.4 is 10.5 Å². The molecule has 0 aliphatic carbocycles. The van der Waals surface area contributed by atoms with Crippen molar-refractivity contribution in [2.75, 3.05) is 13.2 Å². The van der Waals surface area contributed by atoms with Gasteiger partial charge in [-0.1, -0.05) is 12.1 Å². The van der Waals surface area contributed by atoms with E-state index in [0.717, 1.165) is 42.7 Å². The largest absolute Gasteiger partial charge is 0.483 e. The number of likely N-dealkylation sites (tertiary alicyclic amines) is 1. The molecule has 22 heavy (non-hydrogen) atoms. The maximum Gasteiger partial charge on any atom is 0.260 e. The molecule has 0 saturated carbocycles. The van der Waals surface area contributed by atoms with Crippen molar-refractivity contribution in [3.8, 4) is 5.75 Å². The molecule has 1 fully saturated rings. The molecule has 1 heterocycles. The number of nitrogens with two attached hydrogens (primary N) is 1. The average molecular weight is 327 g/mol. The first-order chi connectivity index (χ1) is 9.99. The first kappa shape index (κ1) is 18.8. The fourth-order valence-corrected chi connectivity index (χ4v) is 2.90. The van der Waals surface area contributed by atoms with Crippen LogP contribution in [0.3, 0.4) is 0 Å². The Bertz CT molecular complexity index is 505. The van der Waals surface area contributed by atoms with E-state index in [-0.39, 0.29) is 37.0 Å². The summed E-state index contributed by atoms with van der Waals surface area (Å²) in [6.45, 7) is 6.87. The molecule has 0 aromatic heterocycles. The number of benzene rings is 1. The zero-order chi connectivity index (χ0) is 15.4. The molecular formula is C17H27ClN2O2. The summed E-state index contributed by atoms with van der Waals surface area (Å²) in [5.41, 5.74) is 8.20. The van der Waals surface area contributed by atoms with E-state index in [1.54, 1.807) is 0 Å². The highest BCUT2D eigenvalue weighted by atomic mass is 35.5. The number of rotatable bonds is 4. The van der Waals surface area contributed by atoms with E-state index >= 15 is 0 Å². The minimum absolute atomic E-state index is 0. The molecule has 1 aliphatic heterocycles. The highest BCUT2D eigenvalue weighted by Gasteiger charge is 2.29. The van der Waals surface area contributed by atoms with Crippen molar-refractivity contribution in [1.82, 2.24) is 4.90 Å². The molecule has 1 amide bonds. The summed E-state index contributed by atoms with van der Waals surface area (Å²) in [5, 5.41) is 0. The van der Waals surface area contributed by atoms with E-state index in [9.17, 15) is 4.79 Å². The second-order valence-electron chi connectivity index (χ2n) is 6.07. The van der Waals surface area contributed by atoms with E-state index in [0.29, 0.717) is 0 Å². The summed E-state index contributed by atoms with van der Waals surface area (Å²) in [6, 6.07) is 6.19. The van der Waals surface area contributed by atoms with Crippen LogP contribution in [-0.2, 0) is 4.79 Å². The number of hydrogen-bond donors (Lipinski definition) is 1. The summed E-state index contributed by atoms with van der Waals surface area (Å²) in [5.74, 6) is 0.829. The molecule has 2 atom stereocenters. The standard InChI is InChI=1S/C17H26N2O2.ClH/c1-12-7-8-13(2)16(10-12)21-11-17(20)19-9-5-4-6-15(19)14(3)18;/h7-8,10,14-15H,4-6,9,11,18H2,1-3H3;1H. The van der Waals surface area contributed by atoms with Gasteiger partial charge in [0, 0.05) is 18.6 Å². The summed E-state index contributed by atoms with van der Waals surface area (Å²) in [7, 11) is 0. The third-order valence-electron chi connectivity index (χ3n) is 4.17. The number of ether oxygens (including phenoxy) is 1. The molecule has 2 rings (SSSR count). The quantitative estimate of drug-likeness (QED) is 0.925. The Morgan fingerprint density at radius 1 is 1.41 bits per heavy atom. The van der Waals surface area contributed by atoms with Crippen LogP contribution in [0.25, 0.3) is 0 Å². The molecule has 0 spiro atoms. The van der Waals surface area contributed by atoms with Crippen molar-refractivity contribution >= 4 is 18.3 Å². The van der Waals surface area contributed by atoms with Gasteiger partial charge in [-0.05, 0) is 57.2 Å². The van der Waals surface area contributed by atoms with Gasteiger partial charge in [-0.3, -0.25) is 4.79 Å². The minimum atomic E-state index is 0. The monoisotopic (exact) mass is 326 g/mol. The van der Waals surface area contributed by atoms with Crippen molar-refractivity contribution < 1.29 is 9.53 Å². The van der Waals surface area contributed by atoms with Gasteiger partial charge >= 0.3 is 0 Å². The van der Waals surface area contributed by atoms with Gasteiger partial charge in [-0.15, -0.1) is 12.4 Å². The Balaban J connectivity index is 0.00000242. The zero-order valence-corrected chi connectivity index (χ0v) is 14.5. The molecule has 4 nitrogen and oxygen atoms in total. The number of piperidine rings is 1. The third kappa shape index (κ3) is 4.62. The summed E-state index contributed by atoms with van der Waals surface area (Å²) in [6.07, 6.45) is 3.19. The van der Waals surface area contributed by atoms with Gasteiger partial charge < -0.3 is 15.4 Å². The van der Waals surface area contributed by atoms with Crippen LogP contribution in [-0.4, -0.2) is 36.0 Å². The Kier molecular flexibility index (Phi) is 7.17. The van der Waals surface area contributed by atoms with Crippen molar-refractivity contribution in [3.05, 3.63) is 29.3 Å². The molecule has 124 valence electrons. The van der Waals surface area contributed by atoms with Crippen LogP contribution in [0.4, 0.5) is 0 Å². The van der Waals surface area contributed by atoms with Gasteiger partial charge in [0.05, 0.1) is 0 Å². The minimum Gasteiger partial charge on any atom is -0.483 e. The number of carbonyl (C=O) groups excluding carboxylic acids is 1. The van der Waals surface area contributed by atoms with Crippen molar-refractivity contribution in [2.45, 2.75) is 52.1 Å². The predicted molar refractivity (Wildman–Crippen MR) is 91.7 cm³/mol. The molecule has 1 aromatic rings. The molecule has 5 heteroatoms. The molecule has 1 aliphatic rings. The van der Waals surface area contributed by atoms with E-state index in [2.05, 4.69) is 0 Å².